The maximum Gasteiger partial charge on any atom is 0.264 e. The first-order valence-electron chi connectivity index (χ1n) is 11.6. The zero-order valence-corrected chi connectivity index (χ0v) is 22.0. The number of benzene rings is 3. The van der Waals surface area contributed by atoms with E-state index in [4.69, 9.17) is 0 Å². The lowest BCUT2D eigenvalue weighted by Gasteiger charge is -2.26. The first-order chi connectivity index (χ1) is 18.2. The summed E-state index contributed by atoms with van der Waals surface area (Å²) in [5, 5.41) is 2.65. The van der Waals surface area contributed by atoms with Gasteiger partial charge in [0.25, 0.3) is 20.0 Å². The van der Waals surface area contributed by atoms with Crippen LogP contribution in [0.3, 0.4) is 0 Å². The summed E-state index contributed by atoms with van der Waals surface area (Å²) in [7, 11) is -8.00. The minimum absolute atomic E-state index is 0.0585. The summed E-state index contributed by atoms with van der Waals surface area (Å²) in [5.41, 5.74) is 1.47. The van der Waals surface area contributed by atoms with Gasteiger partial charge >= 0.3 is 0 Å². The molecule has 1 aromatic heterocycles. The second kappa shape index (κ2) is 11.4. The topological polar surface area (TPSA) is 138 Å². The first-order valence-corrected chi connectivity index (χ1v) is 14.5. The molecule has 2 N–H and O–H groups in total. The third-order valence-electron chi connectivity index (χ3n) is 5.50. The molecule has 4 rings (SSSR count). The lowest BCUT2D eigenvalue weighted by Crippen LogP contribution is -2.38. The number of carbonyl (C=O) groups excluding carboxylic acids is 1. The monoisotopic (exact) mass is 551 g/mol. The van der Waals surface area contributed by atoms with E-state index in [0.29, 0.717) is 17.8 Å². The molecule has 0 saturated heterocycles. The number of anilines is 3. The van der Waals surface area contributed by atoms with Crippen molar-refractivity contribution in [3.63, 3.8) is 0 Å². The quantitative estimate of drug-likeness (QED) is 0.307. The van der Waals surface area contributed by atoms with Gasteiger partial charge in [0.15, 0.2) is 0 Å². The van der Waals surface area contributed by atoms with Crippen LogP contribution in [-0.4, -0.2) is 39.3 Å². The molecule has 0 aliphatic heterocycles. The van der Waals surface area contributed by atoms with Crippen molar-refractivity contribution < 1.29 is 21.6 Å². The third-order valence-corrected chi connectivity index (χ3v) is 8.62. The van der Waals surface area contributed by atoms with Crippen LogP contribution in [0.4, 0.5) is 17.3 Å². The minimum atomic E-state index is -4.06. The highest BCUT2D eigenvalue weighted by atomic mass is 32.2. The van der Waals surface area contributed by atoms with Crippen LogP contribution in [0.5, 0.6) is 0 Å². The molecule has 196 valence electrons. The molecular formula is C26H25N5O5S2. The van der Waals surface area contributed by atoms with Crippen molar-refractivity contribution >= 4 is 43.3 Å². The Kier molecular flexibility index (Phi) is 8.03. The lowest BCUT2D eigenvalue weighted by molar-refractivity contribution is -0.114. The predicted octanol–water partition coefficient (Wildman–Crippen LogP) is 3.67. The van der Waals surface area contributed by atoms with E-state index in [1.54, 1.807) is 36.4 Å². The van der Waals surface area contributed by atoms with Crippen molar-refractivity contribution in [3.8, 4) is 0 Å². The average Bonchev–Trinajstić information content (AvgIpc) is 2.93. The molecule has 0 radical (unpaired) electrons. The Morgan fingerprint density at radius 1 is 0.789 bits per heavy atom. The Balaban J connectivity index is 1.55. The SMILES string of the molecule is CCc1ccccc1N(CC(=O)Nc1ccc(S(=O)(=O)Nc2ncccn2)cc1)S(=O)(=O)c1ccccc1. The van der Waals surface area contributed by atoms with Crippen LogP contribution >= 0.6 is 0 Å². The predicted molar refractivity (Wildman–Crippen MR) is 145 cm³/mol. The molecule has 0 bridgehead atoms. The van der Waals surface area contributed by atoms with Gasteiger partial charge in [-0.15, -0.1) is 0 Å². The summed E-state index contributed by atoms with van der Waals surface area (Å²) in [6.45, 7) is 1.42. The zero-order valence-electron chi connectivity index (χ0n) is 20.4. The normalized spacial score (nSPS) is 11.5. The van der Waals surface area contributed by atoms with Crippen molar-refractivity contribution in [2.75, 3.05) is 20.9 Å². The van der Waals surface area contributed by atoms with Gasteiger partial charge in [-0.05, 0) is 60.5 Å². The summed E-state index contributed by atoms with van der Waals surface area (Å²) in [6, 6.07) is 21.9. The molecule has 0 aliphatic rings. The zero-order chi connectivity index (χ0) is 27.2. The molecule has 0 fully saturated rings. The molecule has 0 unspecified atom stereocenters. The van der Waals surface area contributed by atoms with E-state index in [2.05, 4.69) is 20.0 Å². The van der Waals surface area contributed by atoms with Crippen molar-refractivity contribution in [2.24, 2.45) is 0 Å². The number of rotatable bonds is 10. The number of aryl methyl sites for hydroxylation is 1. The summed E-state index contributed by atoms with van der Waals surface area (Å²) in [4.78, 5) is 20.7. The Hall–Kier alpha value is -4.29. The number of amides is 1. The van der Waals surface area contributed by atoms with Gasteiger partial charge in [0.05, 0.1) is 15.5 Å². The van der Waals surface area contributed by atoms with E-state index in [1.165, 1.54) is 48.8 Å². The van der Waals surface area contributed by atoms with E-state index in [0.717, 1.165) is 9.87 Å². The summed E-state index contributed by atoms with van der Waals surface area (Å²) < 4.78 is 55.6. The van der Waals surface area contributed by atoms with E-state index in [1.807, 2.05) is 19.1 Å². The van der Waals surface area contributed by atoms with Crippen LogP contribution in [0, 0.1) is 0 Å². The van der Waals surface area contributed by atoms with Crippen molar-refractivity contribution in [1.29, 1.82) is 0 Å². The number of sulfonamides is 2. The summed E-state index contributed by atoms with van der Waals surface area (Å²) in [5.74, 6) is -0.668. The van der Waals surface area contributed by atoms with Crippen LogP contribution in [0.15, 0.2) is 107 Å². The molecule has 10 nitrogen and oxygen atoms in total. The van der Waals surface area contributed by atoms with Crippen molar-refractivity contribution in [2.45, 2.75) is 23.1 Å². The van der Waals surface area contributed by atoms with E-state index in [9.17, 15) is 21.6 Å². The first kappa shape index (κ1) is 26.8. The smallest absolute Gasteiger partial charge is 0.264 e. The average molecular weight is 552 g/mol. The highest BCUT2D eigenvalue weighted by Gasteiger charge is 2.28. The molecule has 38 heavy (non-hydrogen) atoms. The van der Waals surface area contributed by atoms with Crippen LogP contribution in [0.2, 0.25) is 0 Å². The molecule has 12 heteroatoms. The van der Waals surface area contributed by atoms with Gasteiger partial charge < -0.3 is 5.32 Å². The highest BCUT2D eigenvalue weighted by Crippen LogP contribution is 2.27. The number of nitrogens with one attached hydrogen (secondary N) is 2. The number of carbonyl (C=O) groups is 1. The molecule has 0 aliphatic carbocycles. The minimum Gasteiger partial charge on any atom is -0.325 e. The van der Waals surface area contributed by atoms with Crippen LogP contribution in [-0.2, 0) is 31.3 Å². The number of hydrogen-bond donors (Lipinski definition) is 2. The Labute approximate surface area is 221 Å². The van der Waals surface area contributed by atoms with Gasteiger partial charge in [-0.25, -0.2) is 31.5 Å². The fourth-order valence-electron chi connectivity index (χ4n) is 3.65. The molecule has 0 saturated carbocycles. The summed E-state index contributed by atoms with van der Waals surface area (Å²) in [6.07, 6.45) is 3.38. The molecular weight excluding hydrogens is 526 g/mol. The van der Waals surface area contributed by atoms with Crippen LogP contribution in [0.1, 0.15) is 12.5 Å². The Morgan fingerprint density at radius 2 is 1.42 bits per heavy atom. The Bertz CT molecular complexity index is 1610. The number of nitrogens with zero attached hydrogens (tertiary/aromatic N) is 3. The molecule has 1 heterocycles. The van der Waals surface area contributed by atoms with E-state index in [-0.39, 0.29) is 15.7 Å². The van der Waals surface area contributed by atoms with E-state index >= 15 is 0 Å². The third kappa shape index (κ3) is 6.15. The number of aromatic nitrogens is 2. The number of para-hydroxylation sites is 1. The van der Waals surface area contributed by atoms with Crippen molar-refractivity contribution in [3.05, 3.63) is 103 Å². The van der Waals surface area contributed by atoms with Gasteiger partial charge in [0, 0.05) is 18.1 Å². The maximum absolute atomic E-state index is 13.6. The van der Waals surface area contributed by atoms with Gasteiger partial charge in [-0.3, -0.25) is 9.10 Å². The van der Waals surface area contributed by atoms with Gasteiger partial charge in [0.1, 0.15) is 6.54 Å². The molecule has 0 atom stereocenters. The standard InChI is InChI=1S/C26H25N5O5S2/c1-2-20-9-6-7-12-24(20)31(38(35,36)23-10-4-3-5-11-23)19-25(32)29-21-13-15-22(16-14-21)37(33,34)30-26-27-17-8-18-28-26/h3-18H,2,19H2,1H3,(H,29,32)(H,27,28,30). The maximum atomic E-state index is 13.6. The fraction of sp³-hybridized carbons (Fsp3) is 0.115. The number of hydrogen-bond acceptors (Lipinski definition) is 7. The van der Waals surface area contributed by atoms with Gasteiger partial charge in [-0.2, -0.15) is 0 Å². The molecule has 1 amide bonds. The van der Waals surface area contributed by atoms with Crippen molar-refractivity contribution in [1.82, 2.24) is 9.97 Å². The highest BCUT2D eigenvalue weighted by molar-refractivity contribution is 7.93. The Morgan fingerprint density at radius 3 is 2.08 bits per heavy atom. The molecule has 3 aromatic carbocycles. The van der Waals surface area contributed by atoms with E-state index < -0.39 is 32.5 Å². The molecule has 4 aromatic rings. The lowest BCUT2D eigenvalue weighted by atomic mass is 10.1. The fourth-order valence-corrected chi connectivity index (χ4v) is 6.09. The second-order valence-corrected chi connectivity index (χ2v) is 11.6. The van der Waals surface area contributed by atoms with Gasteiger partial charge in [0.2, 0.25) is 11.9 Å². The molecule has 0 spiro atoms. The van der Waals surface area contributed by atoms with Crippen LogP contribution < -0.4 is 14.3 Å². The largest absolute Gasteiger partial charge is 0.325 e. The summed E-state index contributed by atoms with van der Waals surface area (Å²) >= 11 is 0. The van der Waals surface area contributed by atoms with Crippen LogP contribution in [0.25, 0.3) is 0 Å². The van der Waals surface area contributed by atoms with Gasteiger partial charge in [-0.1, -0.05) is 43.3 Å². The second-order valence-electron chi connectivity index (χ2n) is 8.06.